The molecular formula is C56H79NO6. The Morgan fingerprint density at radius 1 is 0.714 bits per heavy atom. The molecule has 3 aromatic carbocycles. The normalized spacial score (nSPS) is 35.6. The van der Waals surface area contributed by atoms with Crippen molar-refractivity contribution in [1.82, 2.24) is 5.32 Å². The van der Waals surface area contributed by atoms with E-state index in [9.17, 15) is 4.79 Å². The van der Waals surface area contributed by atoms with Gasteiger partial charge in [-0.25, -0.2) is 0 Å². The summed E-state index contributed by atoms with van der Waals surface area (Å²) in [5.74, 6) is 5.52. The summed E-state index contributed by atoms with van der Waals surface area (Å²) in [5.41, 5.74) is 4.04. The molecule has 8 rings (SSSR count). The van der Waals surface area contributed by atoms with Crippen molar-refractivity contribution in [2.75, 3.05) is 6.61 Å². The minimum absolute atomic E-state index is 0.0275. The van der Waals surface area contributed by atoms with Gasteiger partial charge in [-0.15, -0.1) is 0 Å². The van der Waals surface area contributed by atoms with Crippen LogP contribution in [0.5, 0.6) is 0 Å². The molecule has 3 aromatic rings. The highest BCUT2D eigenvalue weighted by Gasteiger charge is 2.61. The Morgan fingerprint density at radius 3 is 1.95 bits per heavy atom. The highest BCUT2D eigenvalue weighted by molar-refractivity contribution is 5.73. The molecule has 0 radical (unpaired) electrons. The summed E-state index contributed by atoms with van der Waals surface area (Å²) in [7, 11) is 0. The zero-order chi connectivity index (χ0) is 44.0. The van der Waals surface area contributed by atoms with E-state index in [2.05, 4.69) is 76.3 Å². The first-order valence-corrected chi connectivity index (χ1v) is 25.0. The van der Waals surface area contributed by atoms with E-state index in [0.29, 0.717) is 36.6 Å². The van der Waals surface area contributed by atoms with Gasteiger partial charge in [-0.05, 0) is 127 Å². The van der Waals surface area contributed by atoms with Crippen LogP contribution in [0.3, 0.4) is 0 Å². The van der Waals surface area contributed by atoms with Gasteiger partial charge in [0.2, 0.25) is 5.91 Å². The zero-order valence-corrected chi connectivity index (χ0v) is 39.4. The fraction of sp³-hybridized carbons (Fsp3) is 0.661. The van der Waals surface area contributed by atoms with Crippen molar-refractivity contribution >= 4 is 5.91 Å². The third kappa shape index (κ3) is 10.8. The number of ether oxygens (including phenoxy) is 5. The van der Waals surface area contributed by atoms with Crippen LogP contribution >= 0.6 is 0 Å². The lowest BCUT2D eigenvalue weighted by atomic mass is 9.44. The van der Waals surface area contributed by atoms with E-state index in [1.54, 1.807) is 6.92 Å². The molecule has 1 N–H and O–H groups in total. The number of fused-ring (bicyclic) bond motifs is 5. The second-order valence-corrected chi connectivity index (χ2v) is 21.5. The van der Waals surface area contributed by atoms with Gasteiger partial charge >= 0.3 is 0 Å². The maximum absolute atomic E-state index is 13.1. The van der Waals surface area contributed by atoms with Crippen LogP contribution in [0.15, 0.2) is 91.0 Å². The van der Waals surface area contributed by atoms with Gasteiger partial charge in [-0.2, -0.15) is 0 Å². The van der Waals surface area contributed by atoms with Gasteiger partial charge in [0, 0.05) is 6.92 Å². The highest BCUT2D eigenvalue weighted by Crippen LogP contribution is 2.68. The van der Waals surface area contributed by atoms with Gasteiger partial charge in [-0.1, -0.05) is 145 Å². The van der Waals surface area contributed by atoms with E-state index < -0.39 is 30.6 Å². The summed E-state index contributed by atoms with van der Waals surface area (Å²) in [4.78, 5) is 13.1. The number of hydrogen-bond acceptors (Lipinski definition) is 6. The SMILES string of the molecule is CC(=O)N[C@@H]1[C@@H](O[C@H]2CC[C@@]3(C)[C@@H](CC[C@@H]4[C@@H]3CC[C@]3(C)[C@@H]([C@H](C)CCCC(C)C)CC[C@@H]43)C2)O[C@H](COCc2ccccc2)[C@@H](OCc2ccccc2)[C@@H]1OCc1ccccc1. The fourth-order valence-electron chi connectivity index (χ4n) is 13.9. The number of benzene rings is 3. The number of rotatable bonds is 18. The number of carbonyl (C=O) groups excluding carboxylic acids is 1. The summed E-state index contributed by atoms with van der Waals surface area (Å²) < 4.78 is 34.4. The number of nitrogens with one attached hydrogen (secondary N) is 1. The summed E-state index contributed by atoms with van der Waals surface area (Å²) in [6, 6.07) is 30.1. The molecule has 4 saturated carbocycles. The predicted octanol–water partition coefficient (Wildman–Crippen LogP) is 12.1. The van der Waals surface area contributed by atoms with Crippen LogP contribution in [0.2, 0.25) is 0 Å². The monoisotopic (exact) mass is 862 g/mol. The summed E-state index contributed by atoms with van der Waals surface area (Å²) in [6.07, 6.45) is 13.4. The topological polar surface area (TPSA) is 75.3 Å². The number of amides is 1. The lowest BCUT2D eigenvalue weighted by molar-refractivity contribution is -0.305. The molecule has 7 heteroatoms. The lowest BCUT2D eigenvalue weighted by Crippen LogP contribution is -2.66. The van der Waals surface area contributed by atoms with E-state index in [4.69, 9.17) is 23.7 Å². The standard InChI is InChI=1S/C56H79NO6/c1-38(2)17-16-18-39(3)47-27-28-48-46-26-25-44-33-45(29-31-55(44,5)49(46)30-32-56(47,48)6)62-54-51(57-40(4)58)53(61-36-43-23-14-9-15-24-43)52(60-35-42-21-12-8-13-22-42)50(63-54)37-59-34-41-19-10-7-11-20-41/h7-15,19-24,38-39,44-54H,16-18,25-37H2,1-6H3,(H,57,58)/t39-,44+,45+,46+,47-,48+,49+,50-,51+,52-,53-,54+,55+,56-/m1/s1. The molecule has 0 aromatic heterocycles. The molecule has 4 aliphatic carbocycles. The molecule has 5 aliphatic rings. The average Bonchev–Trinajstić information content (AvgIpc) is 3.64. The molecule has 0 unspecified atom stereocenters. The Kier molecular flexibility index (Phi) is 15.5. The summed E-state index contributed by atoms with van der Waals surface area (Å²) in [6.45, 7) is 15.8. The minimum Gasteiger partial charge on any atom is -0.374 e. The quantitative estimate of drug-likeness (QED) is 0.128. The van der Waals surface area contributed by atoms with Crippen molar-refractivity contribution in [3.8, 4) is 0 Å². The van der Waals surface area contributed by atoms with Gasteiger partial charge in [0.15, 0.2) is 6.29 Å². The Morgan fingerprint density at radius 2 is 1.32 bits per heavy atom. The molecule has 0 spiro atoms. The van der Waals surface area contributed by atoms with Crippen molar-refractivity contribution in [2.45, 2.75) is 175 Å². The first kappa shape index (κ1) is 46.5. The first-order chi connectivity index (χ1) is 30.5. The third-order valence-corrected chi connectivity index (χ3v) is 17.1. The van der Waals surface area contributed by atoms with E-state index in [-0.39, 0.29) is 18.6 Å². The molecule has 7 nitrogen and oxygen atoms in total. The van der Waals surface area contributed by atoms with E-state index >= 15 is 0 Å². The summed E-state index contributed by atoms with van der Waals surface area (Å²) >= 11 is 0. The van der Waals surface area contributed by atoms with Crippen molar-refractivity contribution in [1.29, 1.82) is 0 Å². The van der Waals surface area contributed by atoms with Crippen LogP contribution in [-0.2, 0) is 48.3 Å². The molecule has 0 bridgehead atoms. The molecule has 14 atom stereocenters. The van der Waals surface area contributed by atoms with Gasteiger partial charge in [0.25, 0.3) is 0 Å². The molecule has 344 valence electrons. The first-order valence-electron chi connectivity index (χ1n) is 25.0. The maximum Gasteiger partial charge on any atom is 0.217 e. The summed E-state index contributed by atoms with van der Waals surface area (Å²) in [5, 5.41) is 3.26. The Hall–Kier alpha value is -3.07. The Labute approximate surface area is 380 Å². The largest absolute Gasteiger partial charge is 0.374 e. The highest BCUT2D eigenvalue weighted by atomic mass is 16.7. The van der Waals surface area contributed by atoms with Crippen molar-refractivity contribution in [3.63, 3.8) is 0 Å². The van der Waals surface area contributed by atoms with Crippen LogP contribution in [0, 0.1) is 52.3 Å². The molecule has 1 aliphatic heterocycles. The fourth-order valence-corrected chi connectivity index (χ4v) is 13.9. The molecule has 1 saturated heterocycles. The Bertz CT molecular complexity index is 1860. The smallest absolute Gasteiger partial charge is 0.217 e. The van der Waals surface area contributed by atoms with Crippen LogP contribution < -0.4 is 5.32 Å². The van der Waals surface area contributed by atoms with Crippen LogP contribution in [0.4, 0.5) is 0 Å². The third-order valence-electron chi connectivity index (χ3n) is 17.1. The van der Waals surface area contributed by atoms with Gasteiger partial charge < -0.3 is 29.0 Å². The van der Waals surface area contributed by atoms with Crippen molar-refractivity contribution < 1.29 is 28.5 Å². The predicted molar refractivity (Wildman–Crippen MR) is 250 cm³/mol. The zero-order valence-electron chi connectivity index (χ0n) is 39.4. The van der Waals surface area contributed by atoms with Crippen molar-refractivity contribution in [2.24, 2.45) is 52.3 Å². The second-order valence-electron chi connectivity index (χ2n) is 21.5. The van der Waals surface area contributed by atoms with Gasteiger partial charge in [0.1, 0.15) is 24.4 Å². The molecule has 5 fully saturated rings. The lowest BCUT2D eigenvalue weighted by Gasteiger charge is -2.61. The molecule has 1 amide bonds. The molecule has 63 heavy (non-hydrogen) atoms. The van der Waals surface area contributed by atoms with Crippen LogP contribution in [-0.4, -0.2) is 49.3 Å². The average molecular weight is 862 g/mol. The van der Waals surface area contributed by atoms with Crippen LogP contribution in [0.25, 0.3) is 0 Å². The van der Waals surface area contributed by atoms with Gasteiger partial charge in [-0.3, -0.25) is 4.79 Å². The van der Waals surface area contributed by atoms with Crippen LogP contribution in [0.1, 0.15) is 135 Å². The maximum atomic E-state index is 13.1. The molecular weight excluding hydrogens is 783 g/mol. The Balaban J connectivity index is 0.991. The number of carbonyl (C=O) groups is 1. The number of hydrogen-bond donors (Lipinski definition) is 1. The van der Waals surface area contributed by atoms with Crippen molar-refractivity contribution in [3.05, 3.63) is 108 Å². The molecule has 1 heterocycles. The van der Waals surface area contributed by atoms with E-state index in [0.717, 1.165) is 65.0 Å². The second kappa shape index (κ2) is 21.0. The van der Waals surface area contributed by atoms with Gasteiger partial charge in [0.05, 0.1) is 32.5 Å². The van der Waals surface area contributed by atoms with E-state index in [1.807, 2.05) is 54.6 Å². The van der Waals surface area contributed by atoms with E-state index in [1.165, 1.54) is 64.2 Å². The minimum atomic E-state index is -0.726.